The normalized spacial score (nSPS) is 11.2. The van der Waals surface area contributed by atoms with Crippen LogP contribution in [0.3, 0.4) is 0 Å². The molecule has 0 unspecified atom stereocenters. The van der Waals surface area contributed by atoms with Crippen LogP contribution in [0.2, 0.25) is 0 Å². The van der Waals surface area contributed by atoms with Crippen LogP contribution in [-0.4, -0.2) is 57.6 Å². The second-order valence-electron chi connectivity index (χ2n) is 16.1. The van der Waals surface area contributed by atoms with Crippen molar-refractivity contribution in [1.29, 1.82) is 0 Å². The third-order valence-corrected chi connectivity index (χ3v) is 9.95. The Morgan fingerprint density at radius 3 is 2.06 bits per heavy atom. The first kappa shape index (κ1) is 44.5. The van der Waals surface area contributed by atoms with Gasteiger partial charge in [-0.25, -0.2) is 9.48 Å². The van der Waals surface area contributed by atoms with Gasteiger partial charge in [-0.1, -0.05) is 97.1 Å². The van der Waals surface area contributed by atoms with Crippen molar-refractivity contribution in [2.24, 2.45) is 0 Å². The molecule has 7 rings (SSSR count). The van der Waals surface area contributed by atoms with E-state index in [4.69, 9.17) is 24.0 Å². The topological polar surface area (TPSA) is 147 Å². The van der Waals surface area contributed by atoms with Crippen LogP contribution >= 0.6 is 0 Å². The maximum absolute atomic E-state index is 15.1. The van der Waals surface area contributed by atoms with E-state index in [1.165, 1.54) is 4.68 Å². The molecule has 0 saturated carbocycles. The molecule has 0 aliphatic heterocycles. The van der Waals surface area contributed by atoms with Crippen molar-refractivity contribution in [1.82, 2.24) is 19.7 Å². The molecule has 13 nitrogen and oxygen atoms in total. The number of carbonyl (C=O) groups excluding carboxylic acids is 3. The number of nitrogens with zero attached hydrogens (tertiary/aromatic N) is 3. The monoisotopic (exact) mass is 862 g/mol. The number of ether oxygens (including phenoxy) is 4. The predicted molar refractivity (Wildman–Crippen MR) is 249 cm³/mol. The highest BCUT2D eigenvalue weighted by Gasteiger charge is 2.25. The summed E-state index contributed by atoms with van der Waals surface area (Å²) in [7, 11) is 0. The molecule has 13 heteroatoms. The number of benzene rings is 5. The van der Waals surface area contributed by atoms with Crippen LogP contribution in [-0.2, 0) is 34.0 Å². The summed E-state index contributed by atoms with van der Waals surface area (Å²) < 4.78 is 26.7. The lowest BCUT2D eigenvalue weighted by Gasteiger charge is -2.19. The SMILES string of the molecule is CCOC(=O)Cn1nc(-c2ccccc2)cc1Nc1cc(OCc2ccccc2)cc(OCc2ccccc2)c1C(=O)n1cc2ccc(NCCCCNC(=O)OC(C)(C)C)cc2c1. The van der Waals surface area contributed by atoms with Crippen molar-refractivity contribution in [3.8, 4) is 22.8 Å². The van der Waals surface area contributed by atoms with Gasteiger partial charge in [0.15, 0.2) is 0 Å². The number of rotatable bonds is 19. The average molecular weight is 863 g/mol. The molecular formula is C51H54N6O7. The van der Waals surface area contributed by atoms with Gasteiger partial charge in [0.2, 0.25) is 0 Å². The molecule has 2 aromatic heterocycles. The van der Waals surface area contributed by atoms with Gasteiger partial charge in [0, 0.05) is 65.7 Å². The Kier molecular flexibility index (Phi) is 14.6. The van der Waals surface area contributed by atoms with Crippen molar-refractivity contribution >= 4 is 45.9 Å². The molecule has 2 heterocycles. The lowest BCUT2D eigenvalue weighted by Crippen LogP contribution is -2.33. The highest BCUT2D eigenvalue weighted by atomic mass is 16.6. The van der Waals surface area contributed by atoms with Crippen LogP contribution in [0.5, 0.6) is 11.5 Å². The van der Waals surface area contributed by atoms with E-state index in [9.17, 15) is 9.59 Å². The van der Waals surface area contributed by atoms with Crippen LogP contribution in [0, 0.1) is 0 Å². The van der Waals surface area contributed by atoms with Gasteiger partial charge in [-0.3, -0.25) is 14.2 Å². The number of hydrogen-bond donors (Lipinski definition) is 3. The molecule has 3 N–H and O–H groups in total. The third-order valence-electron chi connectivity index (χ3n) is 9.95. The van der Waals surface area contributed by atoms with Gasteiger partial charge >= 0.3 is 12.1 Å². The Bertz CT molecular complexity index is 2660. The lowest BCUT2D eigenvalue weighted by atomic mass is 10.1. The fraction of sp³-hybridized carbons (Fsp3) is 0.255. The van der Waals surface area contributed by atoms with E-state index in [-0.39, 0.29) is 37.8 Å². The summed E-state index contributed by atoms with van der Waals surface area (Å²) in [5.74, 6) is 0.384. The fourth-order valence-corrected chi connectivity index (χ4v) is 6.92. The summed E-state index contributed by atoms with van der Waals surface area (Å²) in [6.45, 7) is 8.96. The Morgan fingerprint density at radius 1 is 0.719 bits per heavy atom. The smallest absolute Gasteiger partial charge is 0.407 e. The highest BCUT2D eigenvalue weighted by Crippen LogP contribution is 2.37. The maximum atomic E-state index is 15.1. The van der Waals surface area contributed by atoms with Crippen LogP contribution < -0.4 is 25.4 Å². The van der Waals surface area contributed by atoms with E-state index in [1.54, 1.807) is 36.0 Å². The Hall–Kier alpha value is -7.54. The van der Waals surface area contributed by atoms with Gasteiger partial charge in [0.05, 0.1) is 18.0 Å². The number of unbranched alkanes of at least 4 members (excludes halogenated alkanes) is 1. The molecule has 1 amide bonds. The molecule has 0 saturated heterocycles. The summed E-state index contributed by atoms with van der Waals surface area (Å²) in [6.07, 6.45) is 4.78. The molecule has 0 atom stereocenters. The number of aromatic nitrogens is 3. The number of nitrogens with one attached hydrogen (secondary N) is 3. The third kappa shape index (κ3) is 12.3. The molecule has 0 aliphatic rings. The van der Waals surface area contributed by atoms with E-state index in [0.717, 1.165) is 46.0 Å². The van der Waals surface area contributed by atoms with Gasteiger partial charge < -0.3 is 34.9 Å². The Balaban J connectivity index is 1.22. The van der Waals surface area contributed by atoms with Gasteiger partial charge in [0.1, 0.15) is 48.2 Å². The standard InChI is InChI=1S/C51H54N6O7/c1-5-61-47(58)33-57-46(30-43(55-57)38-21-13-8-14-22-38)54-44-28-42(62-34-36-17-9-6-10-18-36)29-45(63-35-37-19-11-7-12-20-37)48(44)49(59)56-31-39-23-24-41(27-40(39)32-56)52-25-15-16-26-53-50(60)64-51(2,3)4/h6-14,17-24,27-32,52,54H,5,15-16,25-26,33-35H2,1-4H3,(H,53,60). The quantitative estimate of drug-likeness (QED) is 0.0530. The minimum absolute atomic E-state index is 0.170. The first-order valence-corrected chi connectivity index (χ1v) is 21.5. The van der Waals surface area contributed by atoms with Crippen molar-refractivity contribution in [2.45, 2.75) is 65.9 Å². The first-order valence-electron chi connectivity index (χ1n) is 21.5. The second kappa shape index (κ2) is 21.0. The van der Waals surface area contributed by atoms with Crippen LogP contribution in [0.4, 0.5) is 22.0 Å². The largest absolute Gasteiger partial charge is 0.489 e. The molecule has 7 aromatic rings. The number of carbonyl (C=O) groups is 3. The Labute approximate surface area is 373 Å². The summed E-state index contributed by atoms with van der Waals surface area (Å²) in [5.41, 5.74) is 4.32. The lowest BCUT2D eigenvalue weighted by molar-refractivity contribution is -0.144. The van der Waals surface area contributed by atoms with E-state index >= 15 is 4.79 Å². The van der Waals surface area contributed by atoms with Gasteiger partial charge in [0.25, 0.3) is 5.91 Å². The number of alkyl carbamates (subject to hydrolysis) is 1. The van der Waals surface area contributed by atoms with Crippen molar-refractivity contribution in [3.63, 3.8) is 0 Å². The van der Waals surface area contributed by atoms with Crippen LogP contribution in [0.25, 0.3) is 22.0 Å². The number of anilines is 3. The summed E-state index contributed by atoms with van der Waals surface area (Å²) >= 11 is 0. The van der Waals surface area contributed by atoms with Gasteiger partial charge in [-0.2, -0.15) is 5.10 Å². The number of hydrogen-bond acceptors (Lipinski definition) is 10. The maximum Gasteiger partial charge on any atom is 0.407 e. The molecule has 0 bridgehead atoms. The minimum atomic E-state index is -0.544. The fourth-order valence-electron chi connectivity index (χ4n) is 6.92. The molecule has 5 aromatic carbocycles. The predicted octanol–water partition coefficient (Wildman–Crippen LogP) is 10.4. The number of esters is 1. The molecule has 0 spiro atoms. The molecule has 0 aliphatic carbocycles. The van der Waals surface area contributed by atoms with Crippen molar-refractivity contribution in [3.05, 3.63) is 156 Å². The first-order chi connectivity index (χ1) is 31.0. The zero-order valence-corrected chi connectivity index (χ0v) is 36.6. The number of fused-ring (bicyclic) bond motifs is 1. The molecule has 0 fully saturated rings. The van der Waals surface area contributed by atoms with Crippen LogP contribution in [0.1, 0.15) is 62.0 Å². The summed E-state index contributed by atoms with van der Waals surface area (Å²) in [5, 5.41) is 16.2. The number of amides is 1. The van der Waals surface area contributed by atoms with E-state index in [0.29, 0.717) is 41.8 Å². The highest BCUT2D eigenvalue weighted by molar-refractivity contribution is 6.06. The molecule has 0 radical (unpaired) electrons. The molecule has 64 heavy (non-hydrogen) atoms. The molecule has 330 valence electrons. The van der Waals surface area contributed by atoms with Crippen LogP contribution in [0.15, 0.2) is 140 Å². The van der Waals surface area contributed by atoms with E-state index in [1.807, 2.05) is 136 Å². The van der Waals surface area contributed by atoms with Crippen molar-refractivity contribution in [2.75, 3.05) is 30.3 Å². The van der Waals surface area contributed by atoms with Crippen molar-refractivity contribution < 1.29 is 33.3 Å². The summed E-state index contributed by atoms with van der Waals surface area (Å²) in [4.78, 5) is 40.0. The van der Waals surface area contributed by atoms with Gasteiger partial charge in [-0.05, 0) is 63.8 Å². The summed E-state index contributed by atoms with van der Waals surface area (Å²) in [6, 6.07) is 40.5. The van der Waals surface area contributed by atoms with Gasteiger partial charge in [-0.15, -0.1) is 0 Å². The minimum Gasteiger partial charge on any atom is -0.489 e. The van der Waals surface area contributed by atoms with E-state index < -0.39 is 17.7 Å². The zero-order chi connectivity index (χ0) is 44.9. The Morgan fingerprint density at radius 2 is 1.38 bits per heavy atom. The molecular weight excluding hydrogens is 809 g/mol. The zero-order valence-electron chi connectivity index (χ0n) is 36.6. The second-order valence-corrected chi connectivity index (χ2v) is 16.1. The average Bonchev–Trinajstić information content (AvgIpc) is 3.90. The van der Waals surface area contributed by atoms with E-state index in [2.05, 4.69) is 16.0 Å².